The Morgan fingerprint density at radius 1 is 1.22 bits per heavy atom. The number of hydrogen-bond donors (Lipinski definition) is 1. The molecule has 1 aliphatic rings. The first-order chi connectivity index (χ1) is 11.1. The summed E-state index contributed by atoms with van der Waals surface area (Å²) in [5.41, 5.74) is 1.25. The normalized spacial score (nSPS) is 18.0. The third kappa shape index (κ3) is 5.98. The monoisotopic (exact) mass is 381 g/mol. The summed E-state index contributed by atoms with van der Waals surface area (Å²) in [5, 5.41) is 8.66. The van der Waals surface area contributed by atoms with Crippen molar-refractivity contribution in [2.24, 2.45) is 0 Å². The molecule has 126 valence electrons. The Labute approximate surface area is 146 Å². The summed E-state index contributed by atoms with van der Waals surface area (Å²) in [5.74, 6) is -0.613. The van der Waals surface area contributed by atoms with Crippen LogP contribution < -0.4 is 0 Å². The number of unbranched alkanes of at least 4 members (excludes halogenated alkanes) is 1. The maximum absolute atomic E-state index is 12.5. The fraction of sp³-hybridized carbons (Fsp3) is 0.556. The van der Waals surface area contributed by atoms with Crippen molar-refractivity contribution >= 4 is 27.8 Å². The lowest BCUT2D eigenvalue weighted by atomic mass is 9.95. The molecular formula is C18H24BrNO3. The molecule has 5 heteroatoms. The van der Waals surface area contributed by atoms with Gasteiger partial charge in [-0.15, -0.1) is 0 Å². The maximum atomic E-state index is 12.5. The van der Waals surface area contributed by atoms with E-state index < -0.39 is 5.97 Å². The van der Waals surface area contributed by atoms with E-state index in [4.69, 9.17) is 5.11 Å². The Hall–Kier alpha value is -1.36. The third-order valence-corrected chi connectivity index (χ3v) is 4.83. The smallest absolute Gasteiger partial charge is 0.303 e. The number of piperidine rings is 1. The van der Waals surface area contributed by atoms with Gasteiger partial charge in [0.2, 0.25) is 5.91 Å². The Morgan fingerprint density at radius 3 is 2.74 bits per heavy atom. The van der Waals surface area contributed by atoms with Crippen molar-refractivity contribution in [2.75, 3.05) is 6.54 Å². The number of carbonyl (C=O) groups excluding carboxylic acids is 1. The third-order valence-electron chi connectivity index (χ3n) is 4.34. The van der Waals surface area contributed by atoms with Gasteiger partial charge in [-0.25, -0.2) is 0 Å². The number of carboxylic acid groups (broad SMARTS) is 1. The molecule has 1 aromatic rings. The topological polar surface area (TPSA) is 57.6 Å². The quantitative estimate of drug-likeness (QED) is 0.725. The van der Waals surface area contributed by atoms with Crippen LogP contribution in [0.4, 0.5) is 0 Å². The number of halogens is 1. The molecule has 1 saturated heterocycles. The maximum Gasteiger partial charge on any atom is 0.303 e. The molecule has 1 N–H and O–H groups in total. The first kappa shape index (κ1) is 18.0. The van der Waals surface area contributed by atoms with Crippen molar-refractivity contribution < 1.29 is 14.7 Å². The highest BCUT2D eigenvalue weighted by Gasteiger charge is 2.26. The van der Waals surface area contributed by atoms with Crippen molar-refractivity contribution in [1.82, 2.24) is 4.90 Å². The molecule has 1 unspecified atom stereocenters. The Bertz CT molecular complexity index is 547. The lowest BCUT2D eigenvalue weighted by Crippen LogP contribution is -2.44. The van der Waals surface area contributed by atoms with Crippen molar-refractivity contribution in [3.8, 4) is 0 Å². The summed E-state index contributed by atoms with van der Waals surface area (Å²) in [7, 11) is 0. The van der Waals surface area contributed by atoms with Crippen LogP contribution in [0.1, 0.15) is 50.5 Å². The van der Waals surface area contributed by atoms with Crippen LogP contribution in [0.2, 0.25) is 0 Å². The second-order valence-corrected chi connectivity index (χ2v) is 7.09. The number of rotatable bonds is 7. The highest BCUT2D eigenvalue weighted by Crippen LogP contribution is 2.23. The van der Waals surface area contributed by atoms with Crippen molar-refractivity contribution in [3.05, 3.63) is 34.3 Å². The number of carbonyl (C=O) groups is 2. The van der Waals surface area contributed by atoms with E-state index in [0.29, 0.717) is 19.3 Å². The van der Waals surface area contributed by atoms with Gasteiger partial charge in [0.15, 0.2) is 0 Å². The molecule has 1 amide bonds. The van der Waals surface area contributed by atoms with Crippen LogP contribution in [0.25, 0.3) is 0 Å². The SMILES string of the molecule is O=C(O)CCCCC(=O)N1CCCCC1Cc1cccc(Br)c1. The van der Waals surface area contributed by atoms with Gasteiger partial charge >= 0.3 is 5.97 Å². The van der Waals surface area contributed by atoms with Crippen molar-refractivity contribution in [1.29, 1.82) is 0 Å². The van der Waals surface area contributed by atoms with E-state index in [0.717, 1.165) is 30.3 Å². The number of benzene rings is 1. The number of amides is 1. The lowest BCUT2D eigenvalue weighted by Gasteiger charge is -2.36. The average molecular weight is 382 g/mol. The van der Waals surface area contributed by atoms with Crippen LogP contribution in [-0.2, 0) is 16.0 Å². The summed E-state index contributed by atoms with van der Waals surface area (Å²) in [6.07, 6.45) is 6.01. The molecule has 0 spiro atoms. The van der Waals surface area contributed by atoms with Gasteiger partial charge in [-0.05, 0) is 56.2 Å². The second kappa shape index (κ2) is 9.06. The van der Waals surface area contributed by atoms with Gasteiger partial charge in [0.05, 0.1) is 0 Å². The molecule has 0 bridgehead atoms. The van der Waals surface area contributed by atoms with E-state index in [9.17, 15) is 9.59 Å². The predicted octanol–water partition coefficient (Wildman–Crippen LogP) is 4.02. The largest absolute Gasteiger partial charge is 0.481 e. The van der Waals surface area contributed by atoms with Crippen molar-refractivity contribution in [2.45, 2.75) is 57.4 Å². The van der Waals surface area contributed by atoms with Crippen molar-refractivity contribution in [3.63, 3.8) is 0 Å². The van der Waals surface area contributed by atoms with Crippen LogP contribution in [-0.4, -0.2) is 34.5 Å². The molecule has 2 rings (SSSR count). The number of hydrogen-bond acceptors (Lipinski definition) is 2. The van der Waals surface area contributed by atoms with Crippen LogP contribution in [0, 0.1) is 0 Å². The van der Waals surface area contributed by atoms with E-state index in [1.54, 1.807) is 0 Å². The summed E-state index contributed by atoms with van der Waals surface area (Å²) in [6.45, 7) is 0.830. The van der Waals surface area contributed by atoms with Crippen LogP contribution in [0.5, 0.6) is 0 Å². The average Bonchev–Trinajstić information content (AvgIpc) is 2.52. The second-order valence-electron chi connectivity index (χ2n) is 6.17. The molecule has 0 aliphatic carbocycles. The first-order valence-electron chi connectivity index (χ1n) is 8.32. The lowest BCUT2D eigenvalue weighted by molar-refractivity contribution is -0.138. The fourth-order valence-electron chi connectivity index (χ4n) is 3.17. The van der Waals surface area contributed by atoms with E-state index >= 15 is 0 Å². The molecule has 4 nitrogen and oxygen atoms in total. The standard InChI is InChI=1S/C18H24BrNO3/c19-15-7-5-6-14(12-15)13-16-8-3-4-11-20(16)17(21)9-1-2-10-18(22)23/h5-7,12,16H,1-4,8-11,13H2,(H,22,23). The molecule has 0 radical (unpaired) electrons. The molecule has 23 heavy (non-hydrogen) atoms. The zero-order valence-corrected chi connectivity index (χ0v) is 14.9. The van der Waals surface area contributed by atoms with Gasteiger partial charge in [0, 0.05) is 29.9 Å². The van der Waals surface area contributed by atoms with E-state index in [1.807, 2.05) is 17.0 Å². The summed E-state index contributed by atoms with van der Waals surface area (Å²) < 4.78 is 1.07. The predicted molar refractivity (Wildman–Crippen MR) is 93.3 cm³/mol. The Morgan fingerprint density at radius 2 is 2.00 bits per heavy atom. The molecule has 1 aliphatic heterocycles. The highest BCUT2D eigenvalue weighted by molar-refractivity contribution is 9.10. The summed E-state index contributed by atoms with van der Waals surface area (Å²) in [4.78, 5) is 25.0. The molecular weight excluding hydrogens is 358 g/mol. The molecule has 0 aromatic heterocycles. The number of likely N-dealkylation sites (tertiary alicyclic amines) is 1. The van der Waals surface area contributed by atoms with E-state index in [1.165, 1.54) is 12.0 Å². The van der Waals surface area contributed by atoms with Crippen LogP contribution in [0.3, 0.4) is 0 Å². The van der Waals surface area contributed by atoms with Gasteiger partial charge in [-0.1, -0.05) is 28.1 Å². The summed E-state index contributed by atoms with van der Waals surface area (Å²) >= 11 is 3.50. The number of aliphatic carboxylic acids is 1. The van der Waals surface area contributed by atoms with Gasteiger partial charge < -0.3 is 10.0 Å². The minimum Gasteiger partial charge on any atom is -0.481 e. The zero-order chi connectivity index (χ0) is 16.7. The molecule has 0 saturated carbocycles. The van der Waals surface area contributed by atoms with Crippen LogP contribution in [0.15, 0.2) is 28.7 Å². The Balaban J connectivity index is 1.89. The van der Waals surface area contributed by atoms with Gasteiger partial charge in [-0.2, -0.15) is 0 Å². The number of nitrogens with zero attached hydrogens (tertiary/aromatic N) is 1. The minimum atomic E-state index is -0.789. The Kier molecular flexibility index (Phi) is 7.09. The van der Waals surface area contributed by atoms with Gasteiger partial charge in [0.25, 0.3) is 0 Å². The summed E-state index contributed by atoms with van der Waals surface area (Å²) in [6, 6.07) is 8.53. The molecule has 1 aromatic carbocycles. The van der Waals surface area contributed by atoms with Gasteiger partial charge in [-0.3, -0.25) is 9.59 Å². The molecule has 1 heterocycles. The fourth-order valence-corrected chi connectivity index (χ4v) is 3.62. The van der Waals surface area contributed by atoms with E-state index in [2.05, 4.69) is 28.1 Å². The van der Waals surface area contributed by atoms with Gasteiger partial charge in [0.1, 0.15) is 0 Å². The number of carboxylic acids is 1. The molecule has 1 atom stereocenters. The van der Waals surface area contributed by atoms with Crippen LogP contribution >= 0.6 is 15.9 Å². The molecule has 1 fully saturated rings. The zero-order valence-electron chi connectivity index (χ0n) is 13.3. The first-order valence-corrected chi connectivity index (χ1v) is 9.11. The highest BCUT2D eigenvalue weighted by atomic mass is 79.9. The minimum absolute atomic E-state index is 0.148. The van der Waals surface area contributed by atoms with E-state index in [-0.39, 0.29) is 18.4 Å².